The number of nitrogens with one attached hydrogen (secondary N) is 1. The van der Waals surface area contributed by atoms with Crippen molar-refractivity contribution in [2.45, 2.75) is 51.4 Å². The van der Waals surface area contributed by atoms with Crippen molar-refractivity contribution in [3.05, 3.63) is 41.0 Å². The standard InChI is InChI=1S/C22H31NO2/c1-22-10-8-19-18-6-4-17(25)14-15(18)2-5-20(19)21(22)7-3-16(22)9-11-23-12-13-24/h4,6,9,14,19-21,23-25H,2-3,5,7-8,10-13H2,1H3/b16-9+/t19-,20-,21+,22-/m1/s1. The van der Waals surface area contributed by atoms with E-state index in [0.29, 0.717) is 23.6 Å². The smallest absolute Gasteiger partial charge is 0.115 e. The molecular weight excluding hydrogens is 310 g/mol. The van der Waals surface area contributed by atoms with E-state index >= 15 is 0 Å². The number of hydrogen-bond donors (Lipinski definition) is 3. The van der Waals surface area contributed by atoms with Gasteiger partial charge >= 0.3 is 0 Å². The van der Waals surface area contributed by atoms with Crippen LogP contribution in [-0.4, -0.2) is 29.9 Å². The molecule has 0 spiro atoms. The van der Waals surface area contributed by atoms with Crippen molar-refractivity contribution in [1.82, 2.24) is 5.32 Å². The van der Waals surface area contributed by atoms with Crippen LogP contribution in [0.2, 0.25) is 0 Å². The number of allylic oxidation sites excluding steroid dienone is 1. The fourth-order valence-corrected chi connectivity index (χ4v) is 6.13. The van der Waals surface area contributed by atoms with Crippen molar-refractivity contribution in [3.63, 3.8) is 0 Å². The summed E-state index contributed by atoms with van der Waals surface area (Å²) < 4.78 is 0. The van der Waals surface area contributed by atoms with E-state index in [1.165, 1.54) is 43.2 Å². The number of aliphatic hydroxyl groups is 1. The molecule has 3 N–H and O–H groups in total. The highest BCUT2D eigenvalue weighted by molar-refractivity contribution is 5.40. The van der Waals surface area contributed by atoms with E-state index in [1.807, 2.05) is 12.1 Å². The zero-order valence-electron chi connectivity index (χ0n) is 15.3. The van der Waals surface area contributed by atoms with Crippen molar-refractivity contribution in [2.75, 3.05) is 19.7 Å². The molecule has 136 valence electrons. The maximum atomic E-state index is 9.80. The maximum absolute atomic E-state index is 9.80. The third kappa shape index (κ3) is 2.92. The Bertz CT molecular complexity index is 668. The number of fused-ring (bicyclic) bond motifs is 5. The van der Waals surface area contributed by atoms with Crippen molar-refractivity contribution >= 4 is 0 Å². The average Bonchev–Trinajstić information content (AvgIpc) is 2.95. The second-order valence-corrected chi connectivity index (χ2v) is 8.45. The van der Waals surface area contributed by atoms with Gasteiger partial charge in [0.05, 0.1) is 6.61 Å². The van der Waals surface area contributed by atoms with Crippen LogP contribution >= 0.6 is 0 Å². The number of rotatable bonds is 4. The molecule has 0 unspecified atom stereocenters. The number of hydrogen-bond acceptors (Lipinski definition) is 3. The van der Waals surface area contributed by atoms with Gasteiger partial charge in [-0.3, -0.25) is 0 Å². The monoisotopic (exact) mass is 341 g/mol. The molecule has 2 fully saturated rings. The number of aromatic hydroxyl groups is 1. The van der Waals surface area contributed by atoms with E-state index in [4.69, 9.17) is 5.11 Å². The number of phenols is 1. The summed E-state index contributed by atoms with van der Waals surface area (Å²) >= 11 is 0. The molecule has 3 nitrogen and oxygen atoms in total. The highest BCUT2D eigenvalue weighted by Crippen LogP contribution is 2.62. The summed E-state index contributed by atoms with van der Waals surface area (Å²) in [6, 6.07) is 6.06. The Balaban J connectivity index is 1.55. The van der Waals surface area contributed by atoms with E-state index in [9.17, 15) is 5.11 Å². The molecule has 1 aromatic rings. The van der Waals surface area contributed by atoms with Gasteiger partial charge in [0.2, 0.25) is 0 Å². The van der Waals surface area contributed by atoms with Crippen molar-refractivity contribution < 1.29 is 10.2 Å². The van der Waals surface area contributed by atoms with Gasteiger partial charge in [-0.25, -0.2) is 0 Å². The molecule has 2 saturated carbocycles. The summed E-state index contributed by atoms with van der Waals surface area (Å²) in [5.74, 6) is 2.71. The minimum Gasteiger partial charge on any atom is -0.508 e. The van der Waals surface area contributed by atoms with E-state index < -0.39 is 0 Å². The highest BCUT2D eigenvalue weighted by Gasteiger charge is 2.52. The molecular formula is C22H31NO2. The predicted octanol–water partition coefficient (Wildman–Crippen LogP) is 3.76. The molecule has 0 heterocycles. The van der Waals surface area contributed by atoms with Crippen LogP contribution in [0.25, 0.3) is 0 Å². The molecule has 0 aromatic heterocycles. The Kier molecular flexibility index (Phi) is 4.63. The fourth-order valence-electron chi connectivity index (χ4n) is 6.13. The topological polar surface area (TPSA) is 52.5 Å². The molecule has 0 aliphatic heterocycles. The van der Waals surface area contributed by atoms with E-state index in [2.05, 4.69) is 24.4 Å². The Hall–Kier alpha value is -1.32. The van der Waals surface area contributed by atoms with Crippen molar-refractivity contribution in [2.24, 2.45) is 17.3 Å². The molecule has 0 radical (unpaired) electrons. The van der Waals surface area contributed by atoms with Crippen molar-refractivity contribution in [1.29, 1.82) is 0 Å². The molecule has 3 aliphatic carbocycles. The Morgan fingerprint density at radius 1 is 1.24 bits per heavy atom. The number of phenolic OH excluding ortho intramolecular Hbond substituents is 1. The van der Waals surface area contributed by atoms with Crippen LogP contribution in [0.3, 0.4) is 0 Å². The minimum absolute atomic E-state index is 0.210. The molecule has 1 aromatic carbocycles. The van der Waals surface area contributed by atoms with Gasteiger partial charge in [0.15, 0.2) is 0 Å². The highest BCUT2D eigenvalue weighted by atomic mass is 16.3. The molecule has 4 atom stereocenters. The van der Waals surface area contributed by atoms with Gasteiger partial charge in [0, 0.05) is 13.1 Å². The van der Waals surface area contributed by atoms with Crippen LogP contribution in [0, 0.1) is 17.3 Å². The SMILES string of the molecule is C[C@]12CC[C@@H]3c4ccc(O)cc4CC[C@H]3[C@@H]1CC/C2=C\CNCCO. The van der Waals surface area contributed by atoms with Gasteiger partial charge in [0.25, 0.3) is 0 Å². The van der Waals surface area contributed by atoms with E-state index in [0.717, 1.165) is 24.8 Å². The molecule has 25 heavy (non-hydrogen) atoms. The van der Waals surface area contributed by atoms with Gasteiger partial charge in [-0.1, -0.05) is 24.6 Å². The normalized spacial score (nSPS) is 35.3. The Morgan fingerprint density at radius 3 is 2.96 bits per heavy atom. The second-order valence-electron chi connectivity index (χ2n) is 8.45. The fraction of sp³-hybridized carbons (Fsp3) is 0.636. The first-order chi connectivity index (χ1) is 12.1. The van der Waals surface area contributed by atoms with Crippen LogP contribution in [0.15, 0.2) is 29.8 Å². The third-order valence-electron chi connectivity index (χ3n) is 7.34. The average molecular weight is 341 g/mol. The lowest BCUT2D eigenvalue weighted by Crippen LogP contribution is -2.40. The Morgan fingerprint density at radius 2 is 2.12 bits per heavy atom. The number of aryl methyl sites for hydroxylation is 1. The minimum atomic E-state index is 0.210. The first kappa shape index (κ1) is 17.1. The lowest BCUT2D eigenvalue weighted by molar-refractivity contribution is 0.0812. The zero-order chi connectivity index (χ0) is 17.4. The molecule has 0 amide bonds. The summed E-state index contributed by atoms with van der Waals surface area (Å²) in [6.07, 6.45) is 9.93. The van der Waals surface area contributed by atoms with Gasteiger partial charge in [-0.05, 0) is 85.0 Å². The van der Waals surface area contributed by atoms with Crippen LogP contribution in [0.4, 0.5) is 0 Å². The van der Waals surface area contributed by atoms with Crippen LogP contribution in [0.5, 0.6) is 5.75 Å². The molecule has 3 heteroatoms. The van der Waals surface area contributed by atoms with E-state index in [1.54, 1.807) is 5.57 Å². The summed E-state index contributed by atoms with van der Waals surface area (Å²) in [5.41, 5.74) is 4.92. The Labute approximate surface area is 151 Å². The van der Waals surface area contributed by atoms with Gasteiger partial charge in [-0.15, -0.1) is 0 Å². The largest absolute Gasteiger partial charge is 0.508 e. The van der Waals surface area contributed by atoms with Crippen molar-refractivity contribution in [3.8, 4) is 5.75 Å². The number of aliphatic hydroxyl groups excluding tert-OH is 1. The number of benzene rings is 1. The maximum Gasteiger partial charge on any atom is 0.115 e. The lowest BCUT2D eigenvalue weighted by Gasteiger charge is -2.49. The van der Waals surface area contributed by atoms with Gasteiger partial charge < -0.3 is 15.5 Å². The summed E-state index contributed by atoms with van der Waals surface area (Å²) in [6.45, 7) is 4.28. The summed E-state index contributed by atoms with van der Waals surface area (Å²) in [7, 11) is 0. The summed E-state index contributed by atoms with van der Waals surface area (Å²) in [4.78, 5) is 0. The molecule has 0 saturated heterocycles. The second kappa shape index (κ2) is 6.77. The zero-order valence-corrected chi connectivity index (χ0v) is 15.3. The molecule has 4 rings (SSSR count). The molecule has 3 aliphatic rings. The lowest BCUT2D eigenvalue weighted by atomic mass is 9.55. The molecule has 0 bridgehead atoms. The first-order valence-corrected chi connectivity index (χ1v) is 9.96. The van der Waals surface area contributed by atoms with Gasteiger partial charge in [0.1, 0.15) is 5.75 Å². The quantitative estimate of drug-likeness (QED) is 0.577. The first-order valence-electron chi connectivity index (χ1n) is 9.96. The van der Waals surface area contributed by atoms with E-state index in [-0.39, 0.29) is 6.61 Å². The van der Waals surface area contributed by atoms with Crippen LogP contribution in [-0.2, 0) is 6.42 Å². The van der Waals surface area contributed by atoms with Gasteiger partial charge in [-0.2, -0.15) is 0 Å². The predicted molar refractivity (Wildman–Crippen MR) is 101 cm³/mol. The van der Waals surface area contributed by atoms with Crippen LogP contribution in [0.1, 0.15) is 56.1 Å². The third-order valence-corrected chi connectivity index (χ3v) is 7.34. The van der Waals surface area contributed by atoms with Crippen LogP contribution < -0.4 is 5.32 Å². The summed E-state index contributed by atoms with van der Waals surface area (Å²) in [5, 5.41) is 22.0.